The lowest BCUT2D eigenvalue weighted by Gasteiger charge is -2.23. The van der Waals surface area contributed by atoms with Crippen LogP contribution in [0.4, 0.5) is 10.1 Å². The van der Waals surface area contributed by atoms with E-state index in [9.17, 15) is 17.9 Å². The highest BCUT2D eigenvalue weighted by molar-refractivity contribution is 7.93. The number of aryl methyl sites for hydroxylation is 1. The smallest absolute Gasteiger partial charge is 0.268 e. The van der Waals surface area contributed by atoms with Crippen LogP contribution < -0.4 is 4.31 Å². The Hall–Kier alpha value is -3.48. The molecule has 4 nitrogen and oxygen atoms in total. The molecule has 1 unspecified atom stereocenters. The van der Waals surface area contributed by atoms with E-state index in [0.717, 1.165) is 16.3 Å². The van der Waals surface area contributed by atoms with E-state index in [1.165, 1.54) is 16.4 Å². The highest BCUT2D eigenvalue weighted by atomic mass is 32.2. The fourth-order valence-electron chi connectivity index (χ4n) is 4.06. The molecule has 0 fully saturated rings. The lowest BCUT2D eigenvalue weighted by molar-refractivity contribution is 0.223. The monoisotopic (exact) mass is 445 g/mol. The average Bonchev–Trinajstić information content (AvgIpc) is 3.08. The second-order valence-electron chi connectivity index (χ2n) is 7.83. The molecule has 1 aliphatic rings. The molecule has 0 amide bonds. The number of nitrogens with zero attached hydrogens (tertiary/aromatic N) is 1. The maximum atomic E-state index is 13.9. The minimum absolute atomic E-state index is 0.126. The Balaban J connectivity index is 1.79. The van der Waals surface area contributed by atoms with Crippen LogP contribution in [-0.2, 0) is 10.0 Å². The topological polar surface area (TPSA) is 57.6 Å². The summed E-state index contributed by atoms with van der Waals surface area (Å²) < 4.78 is 42.4. The standard InChI is InChI=1S/C26H20FNO3S/c1-17-6-13-21(14-7-17)32(30,31)28-24(16-18-8-11-20(27)12-9-18)26(29)23-15-10-19-4-2-3-5-22(19)25(23)28/h2-16,26,29H,1H3/b24-16+. The Kier molecular flexibility index (Phi) is 4.84. The molecule has 1 N–H and O–H groups in total. The maximum Gasteiger partial charge on any atom is 0.268 e. The molecular formula is C26H20FNO3S. The van der Waals surface area contributed by atoms with Gasteiger partial charge in [0.25, 0.3) is 10.0 Å². The molecule has 5 rings (SSSR count). The Bertz CT molecular complexity index is 1460. The Morgan fingerprint density at radius 2 is 1.59 bits per heavy atom. The van der Waals surface area contributed by atoms with Crippen LogP contribution >= 0.6 is 0 Å². The van der Waals surface area contributed by atoms with Crippen molar-refractivity contribution < 1.29 is 17.9 Å². The predicted octanol–water partition coefficient (Wildman–Crippen LogP) is 5.57. The SMILES string of the molecule is Cc1ccc(S(=O)(=O)N2/C(=C/c3ccc(F)cc3)C(O)c3ccc4ccccc4c32)cc1. The summed E-state index contributed by atoms with van der Waals surface area (Å²) in [6, 6.07) is 23.4. The average molecular weight is 446 g/mol. The van der Waals surface area contributed by atoms with Crippen molar-refractivity contribution in [3.05, 3.63) is 113 Å². The zero-order valence-electron chi connectivity index (χ0n) is 17.2. The van der Waals surface area contributed by atoms with Gasteiger partial charge in [-0.1, -0.05) is 66.2 Å². The van der Waals surface area contributed by atoms with Crippen LogP contribution in [0.15, 0.2) is 95.5 Å². The number of aliphatic hydroxyl groups is 1. The molecule has 1 atom stereocenters. The zero-order chi connectivity index (χ0) is 22.5. The fraction of sp³-hybridized carbons (Fsp3) is 0.0769. The van der Waals surface area contributed by atoms with E-state index in [0.29, 0.717) is 16.8 Å². The summed E-state index contributed by atoms with van der Waals surface area (Å²) in [5.41, 5.74) is 2.67. The van der Waals surface area contributed by atoms with Gasteiger partial charge < -0.3 is 5.11 Å². The number of aliphatic hydroxyl groups excluding tert-OH is 1. The summed E-state index contributed by atoms with van der Waals surface area (Å²) in [6.07, 6.45) is 0.435. The minimum Gasteiger partial charge on any atom is -0.382 e. The second kappa shape index (κ2) is 7.58. The number of benzene rings is 4. The van der Waals surface area contributed by atoms with Crippen molar-refractivity contribution in [1.29, 1.82) is 0 Å². The second-order valence-corrected chi connectivity index (χ2v) is 9.62. The van der Waals surface area contributed by atoms with E-state index in [-0.39, 0.29) is 10.6 Å². The van der Waals surface area contributed by atoms with E-state index < -0.39 is 21.9 Å². The van der Waals surface area contributed by atoms with E-state index >= 15 is 0 Å². The first-order chi connectivity index (χ1) is 15.4. The van der Waals surface area contributed by atoms with Gasteiger partial charge in [0.2, 0.25) is 0 Å². The number of rotatable bonds is 3. The molecule has 0 aromatic heterocycles. The summed E-state index contributed by atoms with van der Waals surface area (Å²) in [5, 5.41) is 12.8. The van der Waals surface area contributed by atoms with Crippen LogP contribution in [0.3, 0.4) is 0 Å². The quantitative estimate of drug-likeness (QED) is 0.448. The van der Waals surface area contributed by atoms with Crippen LogP contribution in [0.5, 0.6) is 0 Å². The molecule has 0 spiro atoms. The molecule has 0 aliphatic carbocycles. The van der Waals surface area contributed by atoms with Crippen LogP contribution in [0, 0.1) is 12.7 Å². The molecule has 32 heavy (non-hydrogen) atoms. The van der Waals surface area contributed by atoms with Crippen LogP contribution in [0.1, 0.15) is 22.8 Å². The molecule has 0 saturated heterocycles. The van der Waals surface area contributed by atoms with E-state index in [1.807, 2.05) is 37.3 Å². The van der Waals surface area contributed by atoms with Crippen molar-refractivity contribution in [3.63, 3.8) is 0 Å². The molecule has 4 aromatic rings. The first-order valence-electron chi connectivity index (χ1n) is 10.1. The van der Waals surface area contributed by atoms with Crippen molar-refractivity contribution in [1.82, 2.24) is 0 Å². The normalized spacial score (nSPS) is 17.2. The molecule has 0 bridgehead atoms. The van der Waals surface area contributed by atoms with Crippen molar-refractivity contribution in [2.75, 3.05) is 4.31 Å². The molecule has 4 aromatic carbocycles. The molecule has 0 saturated carbocycles. The van der Waals surface area contributed by atoms with Gasteiger partial charge in [-0.2, -0.15) is 0 Å². The summed E-state index contributed by atoms with van der Waals surface area (Å²) in [6.45, 7) is 1.89. The van der Waals surface area contributed by atoms with Gasteiger partial charge in [0.05, 0.1) is 16.3 Å². The van der Waals surface area contributed by atoms with Gasteiger partial charge in [-0.15, -0.1) is 0 Å². The Morgan fingerprint density at radius 1 is 0.906 bits per heavy atom. The van der Waals surface area contributed by atoms with Gasteiger partial charge in [0.15, 0.2) is 0 Å². The van der Waals surface area contributed by atoms with E-state index in [4.69, 9.17) is 0 Å². The minimum atomic E-state index is -4.04. The highest BCUT2D eigenvalue weighted by Gasteiger charge is 2.41. The molecule has 0 radical (unpaired) electrons. The van der Waals surface area contributed by atoms with Gasteiger partial charge in [-0.3, -0.25) is 0 Å². The van der Waals surface area contributed by atoms with Crippen molar-refractivity contribution in [2.45, 2.75) is 17.9 Å². The zero-order valence-corrected chi connectivity index (χ0v) is 18.1. The number of halogens is 1. The third kappa shape index (κ3) is 3.28. The van der Waals surface area contributed by atoms with Gasteiger partial charge in [-0.05, 0) is 48.2 Å². The van der Waals surface area contributed by atoms with E-state index in [1.54, 1.807) is 48.5 Å². The van der Waals surface area contributed by atoms with Crippen molar-refractivity contribution >= 4 is 32.6 Å². The van der Waals surface area contributed by atoms with Gasteiger partial charge in [-0.25, -0.2) is 17.1 Å². The van der Waals surface area contributed by atoms with Gasteiger partial charge in [0, 0.05) is 10.9 Å². The number of hydrogen-bond donors (Lipinski definition) is 1. The first-order valence-corrected chi connectivity index (χ1v) is 11.6. The third-order valence-electron chi connectivity index (χ3n) is 5.69. The largest absolute Gasteiger partial charge is 0.382 e. The predicted molar refractivity (Wildman–Crippen MR) is 124 cm³/mol. The summed E-state index contributed by atoms with van der Waals surface area (Å²) in [5.74, 6) is -0.391. The summed E-state index contributed by atoms with van der Waals surface area (Å²) in [4.78, 5) is 0.126. The molecule has 1 aliphatic heterocycles. The molecule has 160 valence electrons. The molecular weight excluding hydrogens is 425 g/mol. The lowest BCUT2D eigenvalue weighted by Crippen LogP contribution is -2.28. The maximum absolute atomic E-state index is 13.9. The number of sulfonamides is 1. The van der Waals surface area contributed by atoms with Gasteiger partial charge in [0.1, 0.15) is 11.9 Å². The third-order valence-corrected chi connectivity index (χ3v) is 7.43. The highest BCUT2D eigenvalue weighted by Crippen LogP contribution is 2.49. The van der Waals surface area contributed by atoms with Gasteiger partial charge >= 0.3 is 0 Å². The summed E-state index contributed by atoms with van der Waals surface area (Å²) >= 11 is 0. The molecule has 6 heteroatoms. The van der Waals surface area contributed by atoms with Crippen molar-refractivity contribution in [3.8, 4) is 0 Å². The number of anilines is 1. The molecule has 1 heterocycles. The Morgan fingerprint density at radius 3 is 2.31 bits per heavy atom. The van der Waals surface area contributed by atoms with Crippen molar-refractivity contribution in [2.24, 2.45) is 0 Å². The fourth-order valence-corrected chi connectivity index (χ4v) is 5.63. The van der Waals surface area contributed by atoms with Crippen LogP contribution in [-0.4, -0.2) is 13.5 Å². The number of fused-ring (bicyclic) bond motifs is 3. The van der Waals surface area contributed by atoms with Crippen LogP contribution in [0.2, 0.25) is 0 Å². The first kappa shape index (κ1) is 20.4. The summed E-state index contributed by atoms with van der Waals surface area (Å²) in [7, 11) is -4.04. The lowest BCUT2D eigenvalue weighted by atomic mass is 10.0. The Labute approximate surface area is 185 Å². The van der Waals surface area contributed by atoms with E-state index in [2.05, 4.69) is 0 Å². The van der Waals surface area contributed by atoms with Crippen LogP contribution in [0.25, 0.3) is 16.8 Å². The number of hydrogen-bond acceptors (Lipinski definition) is 3.